The van der Waals surface area contributed by atoms with Gasteiger partial charge in [-0.05, 0) is 25.5 Å². The van der Waals surface area contributed by atoms with Crippen molar-refractivity contribution in [3.8, 4) is 5.75 Å². The van der Waals surface area contributed by atoms with E-state index in [1.807, 2.05) is 0 Å². The number of aliphatic hydroxyl groups excluding tert-OH is 1. The smallest absolute Gasteiger partial charge is 0.132 e. The summed E-state index contributed by atoms with van der Waals surface area (Å²) in [6.45, 7) is 4.21. The summed E-state index contributed by atoms with van der Waals surface area (Å²) >= 11 is 0. The third kappa shape index (κ3) is 3.51. The van der Waals surface area contributed by atoms with E-state index in [1.54, 1.807) is 12.1 Å². The summed E-state index contributed by atoms with van der Waals surface area (Å²) in [6, 6.07) is 4.56. The van der Waals surface area contributed by atoms with Gasteiger partial charge in [0, 0.05) is 11.6 Å². The lowest BCUT2D eigenvalue weighted by atomic mass is 10.1. The molecule has 84 valence electrons. The zero-order chi connectivity index (χ0) is 11.3. The Morgan fingerprint density at radius 2 is 2.20 bits per heavy atom. The number of halogens is 1. The maximum Gasteiger partial charge on any atom is 0.132 e. The predicted molar refractivity (Wildman–Crippen MR) is 57.4 cm³/mol. The fourth-order valence-electron chi connectivity index (χ4n) is 1.27. The van der Waals surface area contributed by atoms with Crippen molar-refractivity contribution in [2.24, 2.45) is 0 Å². The number of benzene rings is 1. The fourth-order valence-corrected chi connectivity index (χ4v) is 1.27. The Balaban J connectivity index is 2.65. The first-order valence-corrected chi connectivity index (χ1v) is 5.25. The first-order chi connectivity index (χ1) is 7.15. The molecule has 2 nitrogen and oxygen atoms in total. The Morgan fingerprint density at radius 3 is 2.73 bits per heavy atom. The Labute approximate surface area is 89.7 Å². The molecule has 0 aliphatic carbocycles. The summed E-state index contributed by atoms with van der Waals surface area (Å²) in [5.74, 6) is 0.101. The van der Waals surface area contributed by atoms with E-state index in [0.717, 1.165) is 12.8 Å². The van der Waals surface area contributed by atoms with Gasteiger partial charge in [-0.15, -0.1) is 0 Å². The monoisotopic (exact) mass is 212 g/mol. The molecule has 1 atom stereocenters. The van der Waals surface area contributed by atoms with Gasteiger partial charge in [-0.3, -0.25) is 0 Å². The van der Waals surface area contributed by atoms with Crippen LogP contribution in [0.1, 0.15) is 38.4 Å². The molecule has 0 aromatic heterocycles. The predicted octanol–water partition coefficient (Wildman–Crippen LogP) is 3.06. The molecular formula is C12H17FO2. The van der Waals surface area contributed by atoms with Gasteiger partial charge in [0.25, 0.3) is 0 Å². The highest BCUT2D eigenvalue weighted by atomic mass is 19.1. The molecule has 3 heteroatoms. The molecule has 0 aliphatic heterocycles. The molecule has 0 heterocycles. The first-order valence-electron chi connectivity index (χ1n) is 5.25. The van der Waals surface area contributed by atoms with Gasteiger partial charge in [0.15, 0.2) is 0 Å². The van der Waals surface area contributed by atoms with E-state index < -0.39 is 11.9 Å². The molecule has 1 N–H and O–H groups in total. The normalized spacial score (nSPS) is 12.5. The summed E-state index contributed by atoms with van der Waals surface area (Å²) in [4.78, 5) is 0. The fraction of sp³-hybridized carbons (Fsp3) is 0.500. The van der Waals surface area contributed by atoms with E-state index in [0.29, 0.717) is 17.9 Å². The zero-order valence-corrected chi connectivity index (χ0v) is 9.16. The van der Waals surface area contributed by atoms with Crippen LogP contribution in [0, 0.1) is 5.82 Å². The third-order valence-corrected chi connectivity index (χ3v) is 2.19. The third-order valence-electron chi connectivity index (χ3n) is 2.19. The number of unbranched alkanes of at least 4 members (excludes halogenated alkanes) is 1. The lowest BCUT2D eigenvalue weighted by molar-refractivity contribution is 0.194. The molecule has 0 bridgehead atoms. The van der Waals surface area contributed by atoms with Crippen LogP contribution in [0.5, 0.6) is 5.75 Å². The van der Waals surface area contributed by atoms with Crippen molar-refractivity contribution < 1.29 is 14.2 Å². The molecule has 1 rings (SSSR count). The topological polar surface area (TPSA) is 29.5 Å². The van der Waals surface area contributed by atoms with Crippen LogP contribution in [0.2, 0.25) is 0 Å². The molecule has 0 saturated heterocycles. The molecule has 0 radical (unpaired) electrons. The van der Waals surface area contributed by atoms with Crippen LogP contribution >= 0.6 is 0 Å². The second-order valence-electron chi connectivity index (χ2n) is 3.56. The molecule has 0 unspecified atom stereocenters. The lowest BCUT2D eigenvalue weighted by Crippen LogP contribution is -1.99. The van der Waals surface area contributed by atoms with Crippen molar-refractivity contribution in [2.45, 2.75) is 32.8 Å². The first kappa shape index (κ1) is 12.0. The Hall–Kier alpha value is -1.09. The Bertz CT molecular complexity index is 310. The molecule has 15 heavy (non-hydrogen) atoms. The molecule has 0 fully saturated rings. The van der Waals surface area contributed by atoms with Crippen LogP contribution in [0.4, 0.5) is 4.39 Å². The molecular weight excluding hydrogens is 195 g/mol. The summed E-state index contributed by atoms with van der Waals surface area (Å²) in [7, 11) is 0. The van der Waals surface area contributed by atoms with Crippen molar-refractivity contribution in [3.05, 3.63) is 29.6 Å². The quantitative estimate of drug-likeness (QED) is 0.760. The van der Waals surface area contributed by atoms with Crippen LogP contribution < -0.4 is 4.74 Å². The second kappa shape index (κ2) is 5.71. The van der Waals surface area contributed by atoms with Crippen LogP contribution in [0.3, 0.4) is 0 Å². The average molecular weight is 212 g/mol. The lowest BCUT2D eigenvalue weighted by Gasteiger charge is -2.09. The van der Waals surface area contributed by atoms with E-state index in [2.05, 4.69) is 6.92 Å². The standard InChI is InChI=1S/C12H17FO2/c1-3-4-7-15-10-5-6-11(9(2)14)12(13)8-10/h5-6,8-9,14H,3-4,7H2,1-2H3/t9-/m0/s1. The van der Waals surface area contributed by atoms with E-state index in [-0.39, 0.29) is 0 Å². The number of ether oxygens (including phenoxy) is 1. The van der Waals surface area contributed by atoms with Crippen LogP contribution in [-0.4, -0.2) is 11.7 Å². The van der Waals surface area contributed by atoms with Gasteiger partial charge >= 0.3 is 0 Å². The van der Waals surface area contributed by atoms with Crippen LogP contribution in [0.15, 0.2) is 18.2 Å². The number of hydrogen-bond donors (Lipinski definition) is 1. The number of hydrogen-bond acceptors (Lipinski definition) is 2. The van der Waals surface area contributed by atoms with Crippen molar-refractivity contribution in [3.63, 3.8) is 0 Å². The van der Waals surface area contributed by atoms with Gasteiger partial charge in [0.05, 0.1) is 12.7 Å². The molecule has 1 aromatic rings. The summed E-state index contributed by atoms with van der Waals surface area (Å²) in [5, 5.41) is 9.23. The second-order valence-corrected chi connectivity index (χ2v) is 3.56. The average Bonchev–Trinajstić information content (AvgIpc) is 2.17. The summed E-state index contributed by atoms with van der Waals surface area (Å²) in [5.41, 5.74) is 0.304. The van der Waals surface area contributed by atoms with Crippen molar-refractivity contribution in [1.29, 1.82) is 0 Å². The minimum atomic E-state index is -0.783. The van der Waals surface area contributed by atoms with Gasteiger partial charge in [0.2, 0.25) is 0 Å². The van der Waals surface area contributed by atoms with Gasteiger partial charge in [-0.1, -0.05) is 13.3 Å². The zero-order valence-electron chi connectivity index (χ0n) is 9.16. The molecule has 1 aromatic carbocycles. The number of rotatable bonds is 5. The highest BCUT2D eigenvalue weighted by Crippen LogP contribution is 2.21. The molecule has 0 spiro atoms. The van der Waals surface area contributed by atoms with Crippen molar-refractivity contribution in [2.75, 3.05) is 6.61 Å². The Morgan fingerprint density at radius 1 is 1.47 bits per heavy atom. The highest BCUT2D eigenvalue weighted by molar-refractivity contribution is 5.29. The van der Waals surface area contributed by atoms with Gasteiger partial charge in [0.1, 0.15) is 11.6 Å². The minimum Gasteiger partial charge on any atom is -0.493 e. The van der Waals surface area contributed by atoms with E-state index in [9.17, 15) is 9.50 Å². The van der Waals surface area contributed by atoms with Crippen molar-refractivity contribution >= 4 is 0 Å². The van der Waals surface area contributed by atoms with Crippen molar-refractivity contribution in [1.82, 2.24) is 0 Å². The van der Waals surface area contributed by atoms with E-state index in [1.165, 1.54) is 13.0 Å². The Kier molecular flexibility index (Phi) is 4.56. The molecule has 0 saturated carbocycles. The van der Waals surface area contributed by atoms with E-state index >= 15 is 0 Å². The van der Waals surface area contributed by atoms with Crippen LogP contribution in [0.25, 0.3) is 0 Å². The maximum absolute atomic E-state index is 13.4. The summed E-state index contributed by atoms with van der Waals surface area (Å²) < 4.78 is 18.7. The van der Waals surface area contributed by atoms with Gasteiger partial charge in [-0.2, -0.15) is 0 Å². The SMILES string of the molecule is CCCCOc1ccc([C@H](C)O)c(F)c1. The molecule has 0 aliphatic rings. The molecule has 0 amide bonds. The highest BCUT2D eigenvalue weighted by Gasteiger charge is 2.08. The van der Waals surface area contributed by atoms with E-state index in [4.69, 9.17) is 4.74 Å². The summed E-state index contributed by atoms with van der Waals surface area (Å²) in [6.07, 6.45) is 1.23. The van der Waals surface area contributed by atoms with Gasteiger partial charge in [-0.25, -0.2) is 4.39 Å². The van der Waals surface area contributed by atoms with Crippen LogP contribution in [-0.2, 0) is 0 Å². The minimum absolute atomic E-state index is 0.304. The van der Waals surface area contributed by atoms with Gasteiger partial charge < -0.3 is 9.84 Å². The number of aliphatic hydroxyl groups is 1. The maximum atomic E-state index is 13.4. The largest absolute Gasteiger partial charge is 0.493 e.